The highest BCUT2D eigenvalue weighted by Crippen LogP contribution is 2.27. The molecule has 1 aliphatic heterocycles. The number of hydrogen-bond acceptors (Lipinski definition) is 3. The number of rotatable bonds is 2. The summed E-state index contributed by atoms with van der Waals surface area (Å²) < 4.78 is 13.1. The van der Waals surface area contributed by atoms with Crippen LogP contribution in [0.15, 0.2) is 30.5 Å². The summed E-state index contributed by atoms with van der Waals surface area (Å²) in [6.45, 7) is 1.32. The predicted molar refractivity (Wildman–Crippen MR) is 77.3 cm³/mol. The van der Waals surface area contributed by atoms with Crippen LogP contribution in [0.25, 0.3) is 0 Å². The van der Waals surface area contributed by atoms with Crippen molar-refractivity contribution in [2.24, 2.45) is 0 Å². The van der Waals surface area contributed by atoms with Gasteiger partial charge in [-0.1, -0.05) is 0 Å². The van der Waals surface area contributed by atoms with Crippen molar-refractivity contribution in [2.45, 2.75) is 18.8 Å². The molecule has 3 N–H and O–H groups in total. The number of anilines is 1. The van der Waals surface area contributed by atoms with Gasteiger partial charge in [0.15, 0.2) is 0 Å². The Hall–Kier alpha value is -2.37. The SMILES string of the molecule is Nc1cc(F)ccc1C(=O)N1CCCC(c2ccn[nH]2)C1. The van der Waals surface area contributed by atoms with Gasteiger partial charge in [-0.25, -0.2) is 4.39 Å². The van der Waals surface area contributed by atoms with Crippen molar-refractivity contribution < 1.29 is 9.18 Å². The van der Waals surface area contributed by atoms with E-state index in [1.54, 1.807) is 11.1 Å². The highest BCUT2D eigenvalue weighted by Gasteiger charge is 2.27. The minimum Gasteiger partial charge on any atom is -0.398 e. The zero-order chi connectivity index (χ0) is 14.8. The second-order valence-corrected chi connectivity index (χ2v) is 5.33. The summed E-state index contributed by atoms with van der Waals surface area (Å²) in [7, 11) is 0. The molecule has 0 radical (unpaired) electrons. The van der Waals surface area contributed by atoms with E-state index in [4.69, 9.17) is 5.73 Å². The van der Waals surface area contributed by atoms with E-state index in [-0.39, 0.29) is 17.5 Å². The summed E-state index contributed by atoms with van der Waals surface area (Å²) >= 11 is 0. The highest BCUT2D eigenvalue weighted by atomic mass is 19.1. The fourth-order valence-corrected chi connectivity index (χ4v) is 2.81. The Kier molecular flexibility index (Phi) is 3.60. The molecule has 0 bridgehead atoms. The number of carbonyl (C=O) groups is 1. The van der Waals surface area contributed by atoms with Crippen LogP contribution in [0.5, 0.6) is 0 Å². The van der Waals surface area contributed by atoms with Crippen molar-refractivity contribution in [3.8, 4) is 0 Å². The van der Waals surface area contributed by atoms with Gasteiger partial charge in [0.25, 0.3) is 5.91 Å². The molecule has 3 rings (SSSR count). The molecule has 1 atom stereocenters. The molecule has 0 spiro atoms. The highest BCUT2D eigenvalue weighted by molar-refractivity contribution is 5.99. The van der Waals surface area contributed by atoms with Crippen molar-refractivity contribution >= 4 is 11.6 Å². The second kappa shape index (κ2) is 5.55. The third kappa shape index (κ3) is 2.74. The number of amides is 1. The van der Waals surface area contributed by atoms with E-state index in [9.17, 15) is 9.18 Å². The summed E-state index contributed by atoms with van der Waals surface area (Å²) in [6.07, 6.45) is 3.66. The lowest BCUT2D eigenvalue weighted by molar-refractivity contribution is 0.0707. The van der Waals surface area contributed by atoms with Crippen LogP contribution >= 0.6 is 0 Å². The van der Waals surface area contributed by atoms with Gasteiger partial charge < -0.3 is 10.6 Å². The first kappa shape index (κ1) is 13.6. The molecule has 2 aromatic rings. The maximum Gasteiger partial charge on any atom is 0.255 e. The summed E-state index contributed by atoms with van der Waals surface area (Å²) in [6, 6.07) is 5.83. The molecule has 2 heterocycles. The van der Waals surface area contributed by atoms with Gasteiger partial charge in [-0.2, -0.15) is 5.10 Å². The van der Waals surface area contributed by atoms with Crippen molar-refractivity contribution in [2.75, 3.05) is 18.8 Å². The molecule has 0 aliphatic carbocycles. The standard InChI is InChI=1S/C15H17FN4O/c16-11-3-4-12(13(17)8-11)15(21)20-7-1-2-10(9-20)14-5-6-18-19-14/h3-6,8,10H,1-2,7,9,17H2,(H,18,19). The molecule has 1 unspecified atom stereocenters. The number of likely N-dealkylation sites (tertiary alicyclic amines) is 1. The number of nitrogens with two attached hydrogens (primary N) is 1. The molecule has 6 heteroatoms. The largest absolute Gasteiger partial charge is 0.398 e. The lowest BCUT2D eigenvalue weighted by atomic mass is 9.94. The minimum atomic E-state index is -0.432. The fourth-order valence-electron chi connectivity index (χ4n) is 2.81. The van der Waals surface area contributed by atoms with Gasteiger partial charge in [0.1, 0.15) is 5.82 Å². The number of carbonyl (C=O) groups excluding carboxylic acids is 1. The lowest BCUT2D eigenvalue weighted by Crippen LogP contribution is -2.39. The van der Waals surface area contributed by atoms with Crippen molar-refractivity contribution in [3.05, 3.63) is 47.5 Å². The summed E-state index contributed by atoms with van der Waals surface area (Å²) in [5, 5.41) is 6.92. The normalized spacial score (nSPS) is 18.7. The zero-order valence-electron chi connectivity index (χ0n) is 11.6. The number of aromatic amines is 1. The number of nitrogens with one attached hydrogen (secondary N) is 1. The van der Waals surface area contributed by atoms with Gasteiger partial charge in [0.2, 0.25) is 0 Å². The molecule has 0 saturated carbocycles. The smallest absolute Gasteiger partial charge is 0.255 e. The van der Waals surface area contributed by atoms with Gasteiger partial charge in [0.05, 0.1) is 5.56 Å². The number of piperidine rings is 1. The first-order chi connectivity index (χ1) is 10.1. The van der Waals surface area contributed by atoms with Crippen LogP contribution in [0.4, 0.5) is 10.1 Å². The van der Waals surface area contributed by atoms with Gasteiger partial charge in [-0.3, -0.25) is 9.89 Å². The van der Waals surface area contributed by atoms with Crippen LogP contribution in [0, 0.1) is 5.82 Å². The fraction of sp³-hybridized carbons (Fsp3) is 0.333. The molecule has 1 aromatic carbocycles. The summed E-state index contributed by atoms with van der Waals surface area (Å²) in [5.74, 6) is -0.318. The molecule has 110 valence electrons. The molecular weight excluding hydrogens is 271 g/mol. The number of nitrogens with zero attached hydrogens (tertiary/aromatic N) is 2. The molecule has 21 heavy (non-hydrogen) atoms. The van der Waals surface area contributed by atoms with Gasteiger partial charge in [0, 0.05) is 36.6 Å². The number of H-pyrrole nitrogens is 1. The van der Waals surface area contributed by atoms with E-state index in [2.05, 4.69) is 10.2 Å². The van der Waals surface area contributed by atoms with Gasteiger partial charge >= 0.3 is 0 Å². The van der Waals surface area contributed by atoms with Crippen LogP contribution in [0.3, 0.4) is 0 Å². The lowest BCUT2D eigenvalue weighted by Gasteiger charge is -2.32. The summed E-state index contributed by atoms with van der Waals surface area (Å²) in [5.41, 5.74) is 7.34. The van der Waals surface area contributed by atoms with Crippen LogP contribution in [-0.2, 0) is 0 Å². The van der Waals surface area contributed by atoms with E-state index >= 15 is 0 Å². The Morgan fingerprint density at radius 1 is 1.43 bits per heavy atom. The topological polar surface area (TPSA) is 75.0 Å². The maximum absolute atomic E-state index is 13.1. The average Bonchev–Trinajstić information content (AvgIpc) is 3.01. The quantitative estimate of drug-likeness (QED) is 0.831. The third-order valence-electron chi connectivity index (χ3n) is 3.91. The second-order valence-electron chi connectivity index (χ2n) is 5.33. The molecule has 5 nitrogen and oxygen atoms in total. The van der Waals surface area contributed by atoms with Gasteiger partial charge in [-0.05, 0) is 37.1 Å². The number of halogens is 1. The maximum atomic E-state index is 13.1. The van der Waals surface area contributed by atoms with Crippen LogP contribution < -0.4 is 5.73 Å². The van der Waals surface area contributed by atoms with Gasteiger partial charge in [-0.15, -0.1) is 0 Å². The molecule has 1 aromatic heterocycles. The molecule has 1 saturated heterocycles. The molecule has 1 amide bonds. The number of aromatic nitrogens is 2. The van der Waals surface area contributed by atoms with E-state index in [1.807, 2.05) is 6.07 Å². The summed E-state index contributed by atoms with van der Waals surface area (Å²) in [4.78, 5) is 14.3. The van der Waals surface area contributed by atoms with Crippen LogP contribution in [-0.4, -0.2) is 34.1 Å². The van der Waals surface area contributed by atoms with Crippen LogP contribution in [0.1, 0.15) is 34.8 Å². The van der Waals surface area contributed by atoms with E-state index in [1.165, 1.54) is 18.2 Å². The van der Waals surface area contributed by atoms with Crippen LogP contribution in [0.2, 0.25) is 0 Å². The predicted octanol–water partition coefficient (Wildman–Crippen LogP) is 2.15. The third-order valence-corrected chi connectivity index (χ3v) is 3.91. The number of benzene rings is 1. The Labute approximate surface area is 121 Å². The number of hydrogen-bond donors (Lipinski definition) is 2. The molecule has 1 fully saturated rings. The monoisotopic (exact) mass is 288 g/mol. The van der Waals surface area contributed by atoms with Crippen molar-refractivity contribution in [1.82, 2.24) is 15.1 Å². The van der Waals surface area contributed by atoms with Crippen molar-refractivity contribution in [1.29, 1.82) is 0 Å². The zero-order valence-corrected chi connectivity index (χ0v) is 11.6. The molecule has 1 aliphatic rings. The average molecular weight is 288 g/mol. The Balaban J connectivity index is 1.78. The first-order valence-corrected chi connectivity index (χ1v) is 6.98. The van der Waals surface area contributed by atoms with E-state index < -0.39 is 5.82 Å². The van der Waals surface area contributed by atoms with E-state index in [0.717, 1.165) is 18.5 Å². The molecular formula is C15H17FN4O. The van der Waals surface area contributed by atoms with E-state index in [0.29, 0.717) is 18.7 Å². The number of nitrogen functional groups attached to an aromatic ring is 1. The minimum absolute atomic E-state index is 0.142. The Morgan fingerprint density at radius 2 is 2.29 bits per heavy atom. The Bertz CT molecular complexity index is 641. The Morgan fingerprint density at radius 3 is 3.00 bits per heavy atom. The van der Waals surface area contributed by atoms with Crippen molar-refractivity contribution in [3.63, 3.8) is 0 Å². The first-order valence-electron chi connectivity index (χ1n) is 6.98.